The summed E-state index contributed by atoms with van der Waals surface area (Å²) in [6.07, 6.45) is 1.08. The average Bonchev–Trinajstić information content (AvgIpc) is 2.14. The molecule has 1 aliphatic heterocycles. The van der Waals surface area contributed by atoms with Crippen molar-refractivity contribution < 1.29 is 9.53 Å². The third-order valence-electron chi connectivity index (χ3n) is 2.62. The van der Waals surface area contributed by atoms with Crippen LogP contribution in [0.1, 0.15) is 16.8 Å². The van der Waals surface area contributed by atoms with E-state index in [1.807, 2.05) is 0 Å². The van der Waals surface area contributed by atoms with Crippen LogP contribution in [0, 0.1) is 0 Å². The molecule has 0 unspecified atom stereocenters. The van der Waals surface area contributed by atoms with Gasteiger partial charge in [0.15, 0.2) is 5.75 Å². The monoisotopic (exact) mass is 206 g/mol. The second-order valence-electron chi connectivity index (χ2n) is 3.57. The molecule has 1 heterocycles. The number of carbonyl (C=O) groups is 1. The number of nitrogens with two attached hydrogens (primary N) is 1. The molecule has 1 aromatic rings. The third-order valence-corrected chi connectivity index (χ3v) is 2.62. The number of hydrogen-bond acceptors (Lipinski definition) is 3. The molecular weight excluding hydrogens is 192 g/mol. The number of likely N-dealkylation sites (tertiary alicyclic amines) is 1. The molecule has 1 amide bonds. The van der Waals surface area contributed by atoms with Gasteiger partial charge in [0.25, 0.3) is 5.91 Å². The van der Waals surface area contributed by atoms with Crippen molar-refractivity contribution in [2.24, 2.45) is 0 Å². The molecular formula is C11H14N2O2. The second-order valence-corrected chi connectivity index (χ2v) is 3.57. The SMILES string of the molecule is COc1c(N)cccc1C(=O)N1CCC1. The fraction of sp³-hybridized carbons (Fsp3) is 0.364. The number of benzene rings is 1. The first-order valence-corrected chi connectivity index (χ1v) is 4.96. The van der Waals surface area contributed by atoms with Crippen LogP contribution in [0.5, 0.6) is 5.75 Å². The normalized spacial score (nSPS) is 14.6. The van der Waals surface area contributed by atoms with Gasteiger partial charge in [-0.3, -0.25) is 4.79 Å². The van der Waals surface area contributed by atoms with E-state index in [0.717, 1.165) is 19.5 Å². The maximum atomic E-state index is 11.9. The smallest absolute Gasteiger partial charge is 0.257 e. The average molecular weight is 206 g/mol. The lowest BCUT2D eigenvalue weighted by Gasteiger charge is -2.31. The third kappa shape index (κ3) is 1.63. The Hall–Kier alpha value is -1.71. The van der Waals surface area contributed by atoms with Crippen molar-refractivity contribution in [1.29, 1.82) is 0 Å². The van der Waals surface area contributed by atoms with Crippen LogP contribution in [0.15, 0.2) is 18.2 Å². The van der Waals surface area contributed by atoms with Crippen LogP contribution in [0.3, 0.4) is 0 Å². The van der Waals surface area contributed by atoms with Gasteiger partial charge in [0.05, 0.1) is 18.4 Å². The zero-order valence-electron chi connectivity index (χ0n) is 8.69. The first-order valence-electron chi connectivity index (χ1n) is 4.96. The van der Waals surface area contributed by atoms with Gasteiger partial charge >= 0.3 is 0 Å². The second kappa shape index (κ2) is 3.81. The summed E-state index contributed by atoms with van der Waals surface area (Å²) in [5.74, 6) is 0.486. The Labute approximate surface area is 88.6 Å². The first-order chi connectivity index (χ1) is 7.24. The molecule has 2 rings (SSSR count). The van der Waals surface area contributed by atoms with Crippen LogP contribution >= 0.6 is 0 Å². The summed E-state index contributed by atoms with van der Waals surface area (Å²) in [6, 6.07) is 5.24. The molecule has 0 bridgehead atoms. The predicted molar refractivity (Wildman–Crippen MR) is 57.9 cm³/mol. The number of amides is 1. The Morgan fingerprint density at radius 1 is 1.47 bits per heavy atom. The number of methoxy groups -OCH3 is 1. The number of carbonyl (C=O) groups excluding carboxylic acids is 1. The summed E-state index contributed by atoms with van der Waals surface area (Å²) in [4.78, 5) is 13.7. The molecule has 0 saturated carbocycles. The molecule has 2 N–H and O–H groups in total. The molecule has 0 atom stereocenters. The van der Waals surface area contributed by atoms with Crippen LogP contribution in [-0.2, 0) is 0 Å². The van der Waals surface area contributed by atoms with Crippen molar-refractivity contribution in [1.82, 2.24) is 4.90 Å². The summed E-state index contributed by atoms with van der Waals surface area (Å²) >= 11 is 0. The number of ether oxygens (including phenoxy) is 1. The minimum atomic E-state index is 0.00500. The highest BCUT2D eigenvalue weighted by molar-refractivity contribution is 5.99. The van der Waals surface area contributed by atoms with Gasteiger partial charge in [0, 0.05) is 13.1 Å². The van der Waals surface area contributed by atoms with Crippen molar-refractivity contribution in [2.45, 2.75) is 6.42 Å². The first kappa shape index (κ1) is 9.83. The molecule has 0 spiro atoms. The predicted octanol–water partition coefficient (Wildman–Crippen LogP) is 1.12. The Morgan fingerprint density at radius 3 is 2.73 bits per heavy atom. The van der Waals surface area contributed by atoms with Gasteiger partial charge in [-0.2, -0.15) is 0 Å². The van der Waals surface area contributed by atoms with Gasteiger partial charge in [-0.15, -0.1) is 0 Å². The lowest BCUT2D eigenvalue weighted by atomic mass is 10.1. The summed E-state index contributed by atoms with van der Waals surface area (Å²) in [6.45, 7) is 1.66. The van der Waals surface area contributed by atoms with Crippen molar-refractivity contribution in [2.75, 3.05) is 25.9 Å². The summed E-state index contributed by atoms with van der Waals surface area (Å²) < 4.78 is 5.14. The van der Waals surface area contributed by atoms with E-state index in [2.05, 4.69) is 0 Å². The zero-order valence-corrected chi connectivity index (χ0v) is 8.69. The summed E-state index contributed by atoms with van der Waals surface area (Å²) in [5.41, 5.74) is 6.79. The highest BCUT2D eigenvalue weighted by atomic mass is 16.5. The molecule has 0 aliphatic carbocycles. The van der Waals surface area contributed by atoms with E-state index in [1.54, 1.807) is 23.1 Å². The molecule has 1 aromatic carbocycles. The largest absolute Gasteiger partial charge is 0.494 e. The highest BCUT2D eigenvalue weighted by Gasteiger charge is 2.24. The van der Waals surface area contributed by atoms with Gasteiger partial charge < -0.3 is 15.4 Å². The molecule has 1 aliphatic rings. The molecule has 4 nitrogen and oxygen atoms in total. The number of anilines is 1. The van der Waals surface area contributed by atoms with E-state index >= 15 is 0 Å². The van der Waals surface area contributed by atoms with Gasteiger partial charge in [-0.25, -0.2) is 0 Å². The Bertz CT molecular complexity index is 386. The van der Waals surface area contributed by atoms with E-state index in [4.69, 9.17) is 10.5 Å². The van der Waals surface area contributed by atoms with Crippen LogP contribution < -0.4 is 10.5 Å². The molecule has 4 heteroatoms. The molecule has 15 heavy (non-hydrogen) atoms. The highest BCUT2D eigenvalue weighted by Crippen LogP contribution is 2.28. The minimum Gasteiger partial charge on any atom is -0.494 e. The van der Waals surface area contributed by atoms with E-state index in [-0.39, 0.29) is 5.91 Å². The summed E-state index contributed by atoms with van der Waals surface area (Å²) in [7, 11) is 1.53. The Morgan fingerprint density at radius 2 is 2.20 bits per heavy atom. The number of para-hydroxylation sites is 1. The fourth-order valence-electron chi connectivity index (χ4n) is 1.64. The van der Waals surface area contributed by atoms with Crippen LogP contribution in [0.2, 0.25) is 0 Å². The summed E-state index contributed by atoms with van der Waals surface area (Å²) in [5, 5.41) is 0. The molecule has 1 fully saturated rings. The number of nitrogen functional groups attached to an aromatic ring is 1. The number of nitrogens with zero attached hydrogens (tertiary/aromatic N) is 1. The van der Waals surface area contributed by atoms with Crippen molar-refractivity contribution in [3.63, 3.8) is 0 Å². The number of rotatable bonds is 2. The molecule has 0 aromatic heterocycles. The lowest BCUT2D eigenvalue weighted by Crippen LogP contribution is -2.42. The minimum absolute atomic E-state index is 0.00500. The maximum absolute atomic E-state index is 11.9. The molecule has 1 saturated heterocycles. The topological polar surface area (TPSA) is 55.6 Å². The number of hydrogen-bond donors (Lipinski definition) is 1. The van der Waals surface area contributed by atoms with Crippen molar-refractivity contribution in [3.05, 3.63) is 23.8 Å². The Kier molecular flexibility index (Phi) is 2.49. The lowest BCUT2D eigenvalue weighted by molar-refractivity contribution is 0.0648. The van der Waals surface area contributed by atoms with Crippen LogP contribution in [-0.4, -0.2) is 31.0 Å². The van der Waals surface area contributed by atoms with E-state index < -0.39 is 0 Å². The van der Waals surface area contributed by atoms with Crippen molar-refractivity contribution in [3.8, 4) is 5.75 Å². The molecule has 80 valence electrons. The van der Waals surface area contributed by atoms with Gasteiger partial charge in [0.1, 0.15) is 0 Å². The van der Waals surface area contributed by atoms with Gasteiger partial charge in [-0.1, -0.05) is 6.07 Å². The van der Waals surface area contributed by atoms with Crippen molar-refractivity contribution >= 4 is 11.6 Å². The van der Waals surface area contributed by atoms with E-state index in [1.165, 1.54) is 7.11 Å². The quantitative estimate of drug-likeness (QED) is 0.738. The Balaban J connectivity index is 2.33. The van der Waals surface area contributed by atoms with Gasteiger partial charge in [0.2, 0.25) is 0 Å². The zero-order chi connectivity index (χ0) is 10.8. The van der Waals surface area contributed by atoms with E-state index in [0.29, 0.717) is 17.0 Å². The van der Waals surface area contributed by atoms with Crippen LogP contribution in [0.4, 0.5) is 5.69 Å². The fourth-order valence-corrected chi connectivity index (χ4v) is 1.64. The standard InChI is InChI=1S/C11H14N2O2/c1-15-10-8(4-2-5-9(10)12)11(14)13-6-3-7-13/h2,4-5H,3,6-7,12H2,1H3. The molecule has 0 radical (unpaired) electrons. The van der Waals surface area contributed by atoms with Gasteiger partial charge in [-0.05, 0) is 18.6 Å². The maximum Gasteiger partial charge on any atom is 0.257 e. The van der Waals surface area contributed by atoms with Crippen LogP contribution in [0.25, 0.3) is 0 Å². The van der Waals surface area contributed by atoms with E-state index in [9.17, 15) is 4.79 Å².